The Balaban J connectivity index is 1.38. The van der Waals surface area contributed by atoms with Crippen LogP contribution >= 0.6 is 0 Å². The van der Waals surface area contributed by atoms with Crippen LogP contribution in [0.1, 0.15) is 47.8 Å². The second-order valence-corrected chi connectivity index (χ2v) is 7.73. The molecule has 4 rings (SSSR count). The van der Waals surface area contributed by atoms with Gasteiger partial charge in [0.25, 0.3) is 5.91 Å². The lowest BCUT2D eigenvalue weighted by Gasteiger charge is -2.30. The Morgan fingerprint density at radius 3 is 2.40 bits per heavy atom. The maximum absolute atomic E-state index is 12.7. The highest BCUT2D eigenvalue weighted by Gasteiger charge is 2.31. The number of carbonyl (C=O) groups excluding carboxylic acids is 3. The van der Waals surface area contributed by atoms with Gasteiger partial charge in [0.05, 0.1) is 24.4 Å². The molecule has 2 fully saturated rings. The number of aromatic nitrogens is 2. The third kappa shape index (κ3) is 4.37. The maximum atomic E-state index is 12.7. The van der Waals surface area contributed by atoms with E-state index in [4.69, 9.17) is 9.47 Å². The van der Waals surface area contributed by atoms with Crippen LogP contribution in [0.3, 0.4) is 0 Å². The van der Waals surface area contributed by atoms with E-state index in [1.807, 2.05) is 30.3 Å². The zero-order chi connectivity index (χ0) is 21.1. The summed E-state index contributed by atoms with van der Waals surface area (Å²) in [6.07, 6.45) is 3.25. The average Bonchev–Trinajstić information content (AvgIpc) is 3.55. The third-order valence-corrected chi connectivity index (χ3v) is 5.64. The molecular formula is C22H25N3O5. The molecule has 1 aromatic carbocycles. The van der Waals surface area contributed by atoms with Crippen LogP contribution in [-0.2, 0) is 19.1 Å². The molecule has 158 valence electrons. The van der Waals surface area contributed by atoms with E-state index in [-0.39, 0.29) is 24.4 Å². The van der Waals surface area contributed by atoms with Crippen molar-refractivity contribution in [1.82, 2.24) is 14.7 Å². The summed E-state index contributed by atoms with van der Waals surface area (Å²) >= 11 is 0. The van der Waals surface area contributed by atoms with Gasteiger partial charge in [-0.1, -0.05) is 18.2 Å². The molecule has 0 spiro atoms. The van der Waals surface area contributed by atoms with Crippen molar-refractivity contribution < 1.29 is 23.9 Å². The van der Waals surface area contributed by atoms with E-state index in [0.29, 0.717) is 37.5 Å². The monoisotopic (exact) mass is 411 g/mol. The van der Waals surface area contributed by atoms with Crippen LogP contribution in [0, 0.1) is 5.92 Å². The summed E-state index contributed by atoms with van der Waals surface area (Å²) in [7, 11) is 1.37. The first-order valence-electron chi connectivity index (χ1n) is 10.2. The Labute approximate surface area is 174 Å². The molecule has 0 radical (unpaired) electrons. The van der Waals surface area contributed by atoms with Crippen LogP contribution in [0.5, 0.6) is 0 Å². The lowest BCUT2D eigenvalue weighted by Crippen LogP contribution is -2.42. The first kappa shape index (κ1) is 20.1. The van der Waals surface area contributed by atoms with Gasteiger partial charge in [-0.25, -0.2) is 9.48 Å². The molecule has 0 atom stereocenters. The van der Waals surface area contributed by atoms with Crippen LogP contribution in [0.2, 0.25) is 0 Å². The molecule has 1 aliphatic carbocycles. The highest BCUT2D eigenvalue weighted by molar-refractivity contribution is 5.90. The standard InChI is InChI=1S/C22H25N3O5/c1-29-21(27)16-9-11-24(12-10-16)20(26)14-30-22(28)19-13-18(15-7-8-15)23-25(19)17-5-3-2-4-6-17/h2-6,13,15-16H,7-12,14H2,1H3. The molecule has 1 aromatic heterocycles. The largest absolute Gasteiger partial charge is 0.469 e. The first-order chi connectivity index (χ1) is 14.6. The number of piperidine rings is 1. The van der Waals surface area contributed by atoms with Crippen LogP contribution in [0.15, 0.2) is 36.4 Å². The van der Waals surface area contributed by atoms with Gasteiger partial charge in [-0.2, -0.15) is 5.10 Å². The normalized spacial score (nSPS) is 16.9. The molecule has 0 N–H and O–H groups in total. The van der Waals surface area contributed by atoms with Crippen molar-refractivity contribution >= 4 is 17.8 Å². The van der Waals surface area contributed by atoms with E-state index in [1.54, 1.807) is 15.6 Å². The Hall–Kier alpha value is -3.16. The third-order valence-electron chi connectivity index (χ3n) is 5.64. The molecule has 0 unspecified atom stereocenters. The molecule has 8 heteroatoms. The Morgan fingerprint density at radius 2 is 1.77 bits per heavy atom. The molecule has 1 saturated heterocycles. The SMILES string of the molecule is COC(=O)C1CCN(C(=O)COC(=O)c2cc(C3CC3)nn2-c2ccccc2)CC1. The van der Waals surface area contributed by atoms with Crippen LogP contribution in [0.4, 0.5) is 0 Å². The lowest BCUT2D eigenvalue weighted by atomic mass is 9.97. The van der Waals surface area contributed by atoms with Gasteiger partial charge < -0.3 is 14.4 Å². The van der Waals surface area contributed by atoms with Gasteiger partial charge in [-0.3, -0.25) is 9.59 Å². The van der Waals surface area contributed by atoms with Gasteiger partial charge in [-0.05, 0) is 43.9 Å². The van der Waals surface area contributed by atoms with Crippen molar-refractivity contribution in [2.45, 2.75) is 31.6 Å². The number of likely N-dealkylation sites (tertiary alicyclic amines) is 1. The van der Waals surface area contributed by atoms with E-state index in [2.05, 4.69) is 5.10 Å². The number of amides is 1. The molecule has 1 amide bonds. The zero-order valence-electron chi connectivity index (χ0n) is 17.0. The molecule has 1 aliphatic heterocycles. The second kappa shape index (κ2) is 8.69. The number of benzene rings is 1. The van der Waals surface area contributed by atoms with Gasteiger partial charge >= 0.3 is 11.9 Å². The summed E-state index contributed by atoms with van der Waals surface area (Å²) in [4.78, 5) is 38.5. The number of hydrogen-bond acceptors (Lipinski definition) is 6. The van der Waals surface area contributed by atoms with Crippen LogP contribution < -0.4 is 0 Å². The Morgan fingerprint density at radius 1 is 1.07 bits per heavy atom. The Bertz CT molecular complexity index is 928. The number of hydrogen-bond donors (Lipinski definition) is 0. The molecule has 2 aromatic rings. The van der Waals surface area contributed by atoms with Crippen molar-refractivity contribution in [2.75, 3.05) is 26.8 Å². The van der Waals surface area contributed by atoms with Gasteiger partial charge in [0, 0.05) is 19.0 Å². The van der Waals surface area contributed by atoms with Crippen molar-refractivity contribution in [1.29, 1.82) is 0 Å². The summed E-state index contributed by atoms with van der Waals surface area (Å²) in [6, 6.07) is 11.2. The topological polar surface area (TPSA) is 90.7 Å². The molecule has 30 heavy (non-hydrogen) atoms. The smallest absolute Gasteiger partial charge is 0.357 e. The molecule has 2 heterocycles. The first-order valence-corrected chi connectivity index (χ1v) is 10.2. The fraction of sp³-hybridized carbons (Fsp3) is 0.455. The van der Waals surface area contributed by atoms with E-state index in [9.17, 15) is 14.4 Å². The highest BCUT2D eigenvalue weighted by Crippen LogP contribution is 2.39. The number of carbonyl (C=O) groups is 3. The van der Waals surface area contributed by atoms with Gasteiger partial charge in [0.1, 0.15) is 0 Å². The summed E-state index contributed by atoms with van der Waals surface area (Å²) in [6.45, 7) is 0.564. The van der Waals surface area contributed by atoms with Crippen molar-refractivity contribution in [3.63, 3.8) is 0 Å². The number of para-hydroxylation sites is 1. The number of rotatable bonds is 6. The highest BCUT2D eigenvalue weighted by atomic mass is 16.5. The van der Waals surface area contributed by atoms with Gasteiger partial charge in [-0.15, -0.1) is 0 Å². The van der Waals surface area contributed by atoms with Gasteiger partial charge in [0.2, 0.25) is 0 Å². The molecule has 8 nitrogen and oxygen atoms in total. The fourth-order valence-corrected chi connectivity index (χ4v) is 3.71. The summed E-state index contributed by atoms with van der Waals surface area (Å²) in [5, 5.41) is 4.59. The molecular weight excluding hydrogens is 386 g/mol. The van der Waals surface area contributed by atoms with E-state index < -0.39 is 5.97 Å². The number of esters is 2. The van der Waals surface area contributed by atoms with Crippen LogP contribution in [-0.4, -0.2) is 59.3 Å². The summed E-state index contributed by atoms with van der Waals surface area (Å²) < 4.78 is 11.7. The number of ether oxygens (including phenoxy) is 2. The second-order valence-electron chi connectivity index (χ2n) is 7.73. The minimum atomic E-state index is -0.573. The fourth-order valence-electron chi connectivity index (χ4n) is 3.71. The number of methoxy groups -OCH3 is 1. The van der Waals surface area contributed by atoms with E-state index in [1.165, 1.54) is 7.11 Å². The lowest BCUT2D eigenvalue weighted by molar-refractivity contribution is -0.149. The van der Waals surface area contributed by atoms with E-state index in [0.717, 1.165) is 24.2 Å². The molecule has 0 bridgehead atoms. The maximum Gasteiger partial charge on any atom is 0.357 e. The quantitative estimate of drug-likeness (QED) is 0.678. The minimum absolute atomic E-state index is 0.178. The minimum Gasteiger partial charge on any atom is -0.469 e. The summed E-state index contributed by atoms with van der Waals surface area (Å²) in [5.41, 5.74) is 1.97. The van der Waals surface area contributed by atoms with Crippen LogP contribution in [0.25, 0.3) is 5.69 Å². The summed E-state index contributed by atoms with van der Waals surface area (Å²) in [5.74, 6) is -0.869. The van der Waals surface area contributed by atoms with Gasteiger partial charge in [0.15, 0.2) is 12.3 Å². The number of nitrogens with zero attached hydrogens (tertiary/aromatic N) is 3. The van der Waals surface area contributed by atoms with E-state index >= 15 is 0 Å². The van der Waals surface area contributed by atoms with Crippen molar-refractivity contribution in [3.8, 4) is 5.69 Å². The van der Waals surface area contributed by atoms with Crippen molar-refractivity contribution in [2.24, 2.45) is 5.92 Å². The Kier molecular flexibility index (Phi) is 5.83. The molecule has 1 saturated carbocycles. The predicted octanol–water partition coefficient (Wildman–Crippen LogP) is 2.32. The predicted molar refractivity (Wildman–Crippen MR) is 107 cm³/mol. The molecule has 2 aliphatic rings. The average molecular weight is 411 g/mol. The van der Waals surface area contributed by atoms with Crippen molar-refractivity contribution in [3.05, 3.63) is 47.8 Å². The zero-order valence-corrected chi connectivity index (χ0v) is 17.0.